The van der Waals surface area contributed by atoms with E-state index in [9.17, 15) is 63.0 Å². The number of nitro groups is 2. The Morgan fingerprint density at radius 1 is 0.515 bits per heavy atom. The van der Waals surface area contributed by atoms with Crippen LogP contribution < -0.4 is 49.5 Å². The first kappa shape index (κ1) is 81.1. The van der Waals surface area contributed by atoms with Gasteiger partial charge in [0.15, 0.2) is 0 Å². The van der Waals surface area contributed by atoms with Crippen LogP contribution in [0.15, 0.2) is 170 Å². The number of fused-ring (bicyclic) bond motifs is 4. The van der Waals surface area contributed by atoms with Crippen LogP contribution in [0, 0.1) is 20.2 Å². The Hall–Kier alpha value is -12.0. The molecule has 2 amide bonds. The smallest absolute Gasteiger partial charge is 0.870 e. The minimum absolute atomic E-state index is 0. The molecule has 0 unspecified atom stereocenters. The van der Waals surface area contributed by atoms with Crippen LogP contribution in [0.3, 0.4) is 0 Å². The van der Waals surface area contributed by atoms with Gasteiger partial charge in [0.2, 0.25) is 0 Å². The van der Waals surface area contributed by atoms with E-state index in [2.05, 4.69) is 30.2 Å². The van der Waals surface area contributed by atoms with Gasteiger partial charge in [0.1, 0.15) is 11.4 Å². The molecule has 0 bridgehead atoms. The van der Waals surface area contributed by atoms with E-state index in [1.165, 1.54) is 82.9 Å². The maximum absolute atomic E-state index is 12.3. The van der Waals surface area contributed by atoms with Crippen LogP contribution >= 0.6 is 0 Å². The van der Waals surface area contributed by atoms with E-state index in [-0.39, 0.29) is 107 Å². The zero-order chi connectivity index (χ0) is 68.2. The molecule has 2 heterocycles. The first-order valence-electron chi connectivity index (χ1n) is 27.5. The molecule has 7 N–H and O–H groups in total. The van der Waals surface area contributed by atoms with E-state index < -0.39 is 52.8 Å². The van der Waals surface area contributed by atoms with E-state index in [0.717, 1.165) is 34.9 Å². The number of alkyl halides is 1. The van der Waals surface area contributed by atoms with Crippen LogP contribution in [-0.2, 0) is 23.7 Å². The monoisotopic (exact) mass is 1330 g/mol. The molecule has 0 saturated heterocycles. The summed E-state index contributed by atoms with van der Waals surface area (Å²) < 4.78 is 38.8. The number of halogens is 1. The van der Waals surface area contributed by atoms with Crippen LogP contribution in [0.1, 0.15) is 99.1 Å². The standard InChI is InChI=1S/C17H16N2O6.C16H14N2O6.C16H14N2O3.C15H12N2O3.CH3F.2CH4.Li.2H2O/c1-18(13-7-5-4-6-12(13)17(21)25-3)14-9-8-11(16(20)24-2)10-15(14)19(22)23;1-23-15(19)10-7-8-13(14(9-10)18(21)22)17-12-6-4-3-5-11(12)16(20)24-2;1-18-13-6-4-3-5-11(13)15(19)17-12-9-10(16(20)21-2)7-8-14(12)18;1-17-12-5-3-2-4-10(12)14(18)16-11-8-9(15(19)20)6-7-13(11)17;1-2;;;;;/h4-10H,1-3H3;3-9,17H,1-2H3;3-9H,1-2H3,(H,17,19);2-8H,1H3,(H,16,18)(H,19,20);1H3;2*1H4;;2*1H2/q;;;;;;;+1;;/p-1/i;;;;1D;;;;;. The molecular formula is C67H70FLiN8O20. The Labute approximate surface area is 570 Å². The third kappa shape index (κ3) is 19.5. The van der Waals surface area contributed by atoms with Gasteiger partial charge in [-0.15, -0.1) is 0 Å². The number of methoxy groups -OCH3 is 5. The number of nitrogens with zero attached hydrogens (tertiary/aromatic N) is 5. The molecule has 0 aromatic heterocycles. The zero-order valence-electron chi connectivity index (χ0n) is 53.3. The van der Waals surface area contributed by atoms with Crippen molar-refractivity contribution in [3.8, 4) is 0 Å². The molecule has 8 aromatic carbocycles. The summed E-state index contributed by atoms with van der Waals surface area (Å²) in [5.41, 5.74) is 7.07. The molecule has 30 heteroatoms. The van der Waals surface area contributed by atoms with Crippen molar-refractivity contribution in [2.75, 3.05) is 94.5 Å². The summed E-state index contributed by atoms with van der Waals surface area (Å²) in [6, 6.07) is 45.3. The number of para-hydroxylation sites is 4. The van der Waals surface area contributed by atoms with Crippen LogP contribution in [-0.4, -0.2) is 137 Å². The van der Waals surface area contributed by atoms with Gasteiger partial charge >= 0.3 is 54.7 Å². The van der Waals surface area contributed by atoms with Crippen LogP contribution in [0.2, 0.25) is 0 Å². The van der Waals surface area contributed by atoms with E-state index in [1.54, 1.807) is 92.0 Å². The Balaban J connectivity index is 0.000000635. The molecule has 0 radical (unpaired) electrons. The van der Waals surface area contributed by atoms with Gasteiger partial charge in [0.05, 0.1) is 144 Å². The number of hydrogen-bond acceptors (Lipinski definition) is 22. The number of anilines is 10. The summed E-state index contributed by atoms with van der Waals surface area (Å²) in [7, 11) is 10.5. The average molecular weight is 1330 g/mol. The van der Waals surface area contributed by atoms with Gasteiger partial charge in [-0.2, -0.15) is 0 Å². The van der Waals surface area contributed by atoms with Crippen molar-refractivity contribution in [1.82, 2.24) is 0 Å². The molecule has 0 atom stereocenters. The second-order valence-electron chi connectivity index (χ2n) is 19.0. The Morgan fingerprint density at radius 3 is 1.35 bits per heavy atom. The Morgan fingerprint density at radius 2 is 0.887 bits per heavy atom. The minimum Gasteiger partial charge on any atom is -0.870 e. The number of esters is 5. The van der Waals surface area contributed by atoms with Gasteiger partial charge in [-0.1, -0.05) is 63.4 Å². The molecule has 0 fully saturated rings. The van der Waals surface area contributed by atoms with Gasteiger partial charge < -0.3 is 70.4 Å². The predicted octanol–water partition coefficient (Wildman–Crippen LogP) is 9.23. The normalized spacial score (nSPS) is 10.7. The molecule has 2 aliphatic rings. The number of benzene rings is 8. The van der Waals surface area contributed by atoms with Crippen molar-refractivity contribution in [3.63, 3.8) is 0 Å². The van der Waals surface area contributed by atoms with Crippen molar-refractivity contribution in [1.29, 1.82) is 0 Å². The summed E-state index contributed by atoms with van der Waals surface area (Å²) in [6.07, 6.45) is 0. The number of nitro benzene ring substituents is 2. The molecule has 0 spiro atoms. The van der Waals surface area contributed by atoms with Crippen LogP contribution in [0.4, 0.5) is 72.6 Å². The first-order valence-corrected chi connectivity index (χ1v) is 26.8. The minimum atomic E-state index is -1.02. The molecule has 506 valence electrons. The predicted molar refractivity (Wildman–Crippen MR) is 358 cm³/mol. The topological polar surface area (TPSA) is 397 Å². The SMILES string of the molecule is C.C.CN1c2ccc(C(=O)O)cc2NC(=O)c2ccccc21.COC(=O)c1ccc(N(C)c2ccccc2C(=O)OC)c([N+](=O)[O-])c1.COC(=O)c1ccc(Nc2ccccc2C(=O)OC)c([N+](=O)[O-])c1.COC(=O)c1ccc2c(c1)NC(=O)c1ccccc1N2C.O.[2H]CF.[Li+].[OH-]. The van der Waals surface area contributed by atoms with Crippen molar-refractivity contribution >= 4 is 116 Å². The van der Waals surface area contributed by atoms with Gasteiger partial charge in [-0.3, -0.25) is 34.2 Å². The fraction of sp³-hybridized carbons (Fsp3) is 0.164. The Bertz CT molecular complexity index is 4200. The maximum atomic E-state index is 12.3. The number of nitrogens with one attached hydrogen (secondary N) is 3. The summed E-state index contributed by atoms with van der Waals surface area (Å²) in [4.78, 5) is 121. The molecule has 28 nitrogen and oxygen atoms in total. The quantitative estimate of drug-likeness (QED) is 0.0291. The molecule has 2 aliphatic heterocycles. The fourth-order valence-electron chi connectivity index (χ4n) is 9.23. The molecule has 8 aromatic rings. The maximum Gasteiger partial charge on any atom is 1.00 e. The molecule has 97 heavy (non-hydrogen) atoms. The number of aromatic carboxylic acids is 1. The molecule has 0 aliphatic carbocycles. The first-order chi connectivity index (χ1) is 44.5. The molecular weight excluding hydrogens is 1260 g/mol. The van der Waals surface area contributed by atoms with E-state index in [1.807, 2.05) is 54.2 Å². The number of carboxylic acid groups (broad SMARTS) is 1. The van der Waals surface area contributed by atoms with Crippen LogP contribution in [0.25, 0.3) is 0 Å². The third-order valence-corrected chi connectivity index (χ3v) is 13.7. The van der Waals surface area contributed by atoms with Crippen molar-refractivity contribution < 1.29 is 113 Å². The number of rotatable bonds is 12. The summed E-state index contributed by atoms with van der Waals surface area (Å²) in [5.74, 6) is -4.38. The van der Waals surface area contributed by atoms with E-state index in [4.69, 9.17) is 16.0 Å². The van der Waals surface area contributed by atoms with Gasteiger partial charge in [-0.05, 0) is 109 Å². The fourth-order valence-corrected chi connectivity index (χ4v) is 9.23. The van der Waals surface area contributed by atoms with E-state index in [0.29, 0.717) is 39.4 Å². The number of carbonyl (C=O) groups is 8. The largest absolute Gasteiger partial charge is 1.00 e. The molecule has 10 rings (SSSR count). The van der Waals surface area contributed by atoms with Crippen LogP contribution in [0.5, 0.6) is 0 Å². The van der Waals surface area contributed by atoms with Crippen molar-refractivity contribution in [2.45, 2.75) is 14.9 Å². The second-order valence-corrected chi connectivity index (χ2v) is 19.0. The molecule has 0 saturated carbocycles. The summed E-state index contributed by atoms with van der Waals surface area (Å²) >= 11 is 0. The number of ether oxygens (including phenoxy) is 5. The van der Waals surface area contributed by atoms with Crippen molar-refractivity contribution in [2.24, 2.45) is 0 Å². The summed E-state index contributed by atoms with van der Waals surface area (Å²) in [5, 5.41) is 40.2. The Kier molecular flexibility index (Phi) is 31.9. The number of carbonyl (C=O) groups excluding carboxylic acids is 7. The van der Waals surface area contributed by atoms with E-state index >= 15 is 0 Å². The average Bonchev–Trinajstić information content (AvgIpc) is 1.51. The second kappa shape index (κ2) is 38.2. The third-order valence-electron chi connectivity index (χ3n) is 13.7. The number of hydrogen-bond donors (Lipinski definition) is 4. The number of amides is 2. The van der Waals surface area contributed by atoms with Crippen molar-refractivity contribution in [3.05, 3.63) is 235 Å². The van der Waals surface area contributed by atoms with Gasteiger partial charge in [0, 0.05) is 33.3 Å². The summed E-state index contributed by atoms with van der Waals surface area (Å²) in [6.45, 7) is 0. The van der Waals surface area contributed by atoms with Gasteiger partial charge in [0.25, 0.3) is 23.2 Å². The van der Waals surface area contributed by atoms with Gasteiger partial charge in [-0.25, -0.2) is 28.8 Å². The zero-order valence-corrected chi connectivity index (χ0v) is 52.3. The number of carboxylic acids is 1.